The fourth-order valence-corrected chi connectivity index (χ4v) is 5.22. The maximum Gasteiger partial charge on any atom is 0.261 e. The number of carbonyl (C=O) groups is 2. The first-order valence-electron chi connectivity index (χ1n) is 13.2. The minimum absolute atomic E-state index is 0.0727. The zero-order valence-electron chi connectivity index (χ0n) is 22.7. The number of hydrogen-bond acceptors (Lipinski definition) is 6. The summed E-state index contributed by atoms with van der Waals surface area (Å²) in [4.78, 5) is 46.8. The van der Waals surface area contributed by atoms with Crippen LogP contribution in [0.1, 0.15) is 44.4 Å². The van der Waals surface area contributed by atoms with Crippen LogP contribution in [0.2, 0.25) is 0 Å². The Morgan fingerprint density at radius 3 is 2.62 bits per heavy atom. The first-order valence-corrected chi connectivity index (χ1v) is 13.2. The van der Waals surface area contributed by atoms with E-state index < -0.39 is 5.41 Å². The number of aryl methyl sites for hydroxylation is 1. The van der Waals surface area contributed by atoms with Crippen molar-refractivity contribution in [2.24, 2.45) is 5.41 Å². The minimum atomic E-state index is -1.15. The number of fused-ring (bicyclic) bond motifs is 2. The van der Waals surface area contributed by atoms with Crippen molar-refractivity contribution >= 4 is 34.2 Å². The van der Waals surface area contributed by atoms with Crippen LogP contribution in [0.3, 0.4) is 0 Å². The molecule has 9 heteroatoms. The molecule has 4 aromatic rings. The summed E-state index contributed by atoms with van der Waals surface area (Å²) in [5, 5.41) is 4.18. The van der Waals surface area contributed by atoms with E-state index in [1.807, 2.05) is 49.5 Å². The number of pyridine rings is 2. The molecular weight excluding hydrogens is 494 g/mol. The fourth-order valence-electron chi connectivity index (χ4n) is 5.22. The van der Waals surface area contributed by atoms with Crippen LogP contribution in [0.4, 0.5) is 11.4 Å². The molecule has 0 radical (unpaired) electrons. The van der Waals surface area contributed by atoms with Gasteiger partial charge in [-0.2, -0.15) is 0 Å². The van der Waals surface area contributed by atoms with Crippen LogP contribution in [0.5, 0.6) is 0 Å². The van der Waals surface area contributed by atoms with E-state index in [0.717, 1.165) is 16.8 Å². The van der Waals surface area contributed by atoms with Gasteiger partial charge in [0.15, 0.2) is 0 Å². The van der Waals surface area contributed by atoms with E-state index in [1.54, 1.807) is 53.7 Å². The molecule has 1 unspecified atom stereocenters. The lowest BCUT2D eigenvalue weighted by Gasteiger charge is -2.27. The summed E-state index contributed by atoms with van der Waals surface area (Å²) in [5.74, 6) is -0.435. The van der Waals surface area contributed by atoms with Gasteiger partial charge in [-0.15, -0.1) is 0 Å². The molecule has 0 saturated carbocycles. The molecular formula is C30H33N5O4. The van der Waals surface area contributed by atoms with Gasteiger partial charge in [0.25, 0.3) is 5.56 Å². The van der Waals surface area contributed by atoms with Crippen molar-refractivity contribution in [2.45, 2.75) is 46.3 Å². The third-order valence-corrected chi connectivity index (χ3v) is 7.52. The molecule has 1 N–H and O–H groups in total. The van der Waals surface area contributed by atoms with E-state index in [1.165, 1.54) is 6.26 Å². The number of benzene rings is 1. The highest BCUT2D eigenvalue weighted by Gasteiger charge is 2.45. The van der Waals surface area contributed by atoms with E-state index in [9.17, 15) is 14.4 Å². The largest absolute Gasteiger partial charge is 0.464 e. The maximum absolute atomic E-state index is 13.2. The molecule has 1 aliphatic heterocycles. The van der Waals surface area contributed by atoms with Gasteiger partial charge in [0, 0.05) is 51.3 Å². The number of rotatable bonds is 8. The number of nitrogens with one attached hydrogen (secondary N) is 1. The van der Waals surface area contributed by atoms with Crippen LogP contribution in [0.15, 0.2) is 76.5 Å². The number of aromatic nitrogens is 2. The van der Waals surface area contributed by atoms with Gasteiger partial charge >= 0.3 is 0 Å². The zero-order valence-corrected chi connectivity index (χ0v) is 22.7. The van der Waals surface area contributed by atoms with Crippen LogP contribution < -0.4 is 20.7 Å². The molecule has 202 valence electrons. The van der Waals surface area contributed by atoms with Crippen LogP contribution in [-0.2, 0) is 22.7 Å². The Balaban J connectivity index is 1.39. The zero-order chi connectivity index (χ0) is 27.7. The third-order valence-electron chi connectivity index (χ3n) is 7.52. The van der Waals surface area contributed by atoms with Gasteiger partial charge in [0.1, 0.15) is 11.0 Å². The van der Waals surface area contributed by atoms with Crippen LogP contribution in [0.25, 0.3) is 11.0 Å². The summed E-state index contributed by atoms with van der Waals surface area (Å²) in [7, 11) is 1.72. The summed E-state index contributed by atoms with van der Waals surface area (Å²) in [6, 6.07) is 13.2. The molecule has 9 nitrogen and oxygen atoms in total. The number of amides is 2. The smallest absolute Gasteiger partial charge is 0.261 e. The van der Waals surface area contributed by atoms with Gasteiger partial charge in [0.2, 0.25) is 11.8 Å². The second kappa shape index (κ2) is 10.5. The Bertz CT molecular complexity index is 1570. The van der Waals surface area contributed by atoms with Crippen molar-refractivity contribution < 1.29 is 14.0 Å². The normalized spacial score (nSPS) is 15.9. The van der Waals surface area contributed by atoms with Crippen molar-refractivity contribution in [1.29, 1.82) is 0 Å². The second-order valence-electron chi connectivity index (χ2n) is 10.4. The number of carbonyl (C=O) groups excluding carboxylic acids is 2. The minimum Gasteiger partial charge on any atom is -0.464 e. The van der Waals surface area contributed by atoms with Crippen molar-refractivity contribution in [2.75, 3.05) is 23.4 Å². The highest BCUT2D eigenvalue weighted by Crippen LogP contribution is 2.38. The van der Waals surface area contributed by atoms with E-state index in [4.69, 9.17) is 4.42 Å². The summed E-state index contributed by atoms with van der Waals surface area (Å²) >= 11 is 0. The molecule has 0 fully saturated rings. The average molecular weight is 528 g/mol. The van der Waals surface area contributed by atoms with E-state index in [0.29, 0.717) is 42.7 Å². The molecule has 1 aliphatic rings. The highest BCUT2D eigenvalue weighted by atomic mass is 16.3. The van der Waals surface area contributed by atoms with E-state index >= 15 is 0 Å². The maximum atomic E-state index is 13.2. The molecule has 3 aromatic heterocycles. The van der Waals surface area contributed by atoms with Crippen molar-refractivity contribution in [3.63, 3.8) is 0 Å². The van der Waals surface area contributed by atoms with Gasteiger partial charge < -0.3 is 24.1 Å². The average Bonchev–Trinajstić information content (AvgIpc) is 3.42. The number of nitrogens with zero attached hydrogens (tertiary/aromatic N) is 4. The molecule has 39 heavy (non-hydrogen) atoms. The number of anilines is 2. The van der Waals surface area contributed by atoms with Crippen molar-refractivity contribution in [1.82, 2.24) is 14.9 Å². The Morgan fingerprint density at radius 1 is 1.05 bits per heavy atom. The monoisotopic (exact) mass is 527 g/mol. The summed E-state index contributed by atoms with van der Waals surface area (Å²) in [5.41, 5.74) is 2.78. The van der Waals surface area contributed by atoms with Crippen molar-refractivity contribution in [3.8, 4) is 0 Å². The first-order chi connectivity index (χ1) is 18.7. The first kappa shape index (κ1) is 26.4. The Labute approximate surface area is 227 Å². The molecule has 0 aliphatic carbocycles. The van der Waals surface area contributed by atoms with Crippen LogP contribution >= 0.6 is 0 Å². The lowest BCUT2D eigenvalue weighted by atomic mass is 9.90. The van der Waals surface area contributed by atoms with Crippen molar-refractivity contribution in [3.05, 3.63) is 88.8 Å². The third kappa shape index (κ3) is 4.85. The van der Waals surface area contributed by atoms with Gasteiger partial charge in [-0.1, -0.05) is 12.1 Å². The number of hydrogen-bond donors (Lipinski definition) is 1. The fraction of sp³-hybridized carbons (Fsp3) is 0.333. The molecule has 0 saturated heterocycles. The van der Waals surface area contributed by atoms with Gasteiger partial charge in [-0.05, 0) is 68.7 Å². The molecule has 5 rings (SSSR count). The van der Waals surface area contributed by atoms with Gasteiger partial charge in [0.05, 0.1) is 23.0 Å². The predicted octanol–water partition coefficient (Wildman–Crippen LogP) is 4.27. The molecule has 4 heterocycles. The summed E-state index contributed by atoms with van der Waals surface area (Å²) in [6.45, 7) is 6.78. The number of furan rings is 1. The molecule has 1 aromatic carbocycles. The molecule has 0 spiro atoms. The van der Waals surface area contributed by atoms with Crippen LogP contribution in [-0.4, -0.2) is 35.0 Å². The Morgan fingerprint density at radius 2 is 1.87 bits per heavy atom. The standard InChI is InChI=1S/C30H33N5O4/c1-5-35-24-9-8-20(17-25(24)33(4)28(37)30(2,3)29(35)38)18-32-23(21-7-6-13-31-19-21)10-14-34-15-11-26-22(27(34)36)12-16-39-26/h6-9,11-13,15-17,19,23,32H,5,10,14,18H2,1-4H3. The summed E-state index contributed by atoms with van der Waals surface area (Å²) < 4.78 is 7.05. The van der Waals surface area contributed by atoms with E-state index in [2.05, 4.69) is 10.3 Å². The van der Waals surface area contributed by atoms with Gasteiger partial charge in [-0.3, -0.25) is 19.4 Å². The molecule has 2 amide bonds. The molecule has 1 atom stereocenters. The van der Waals surface area contributed by atoms with E-state index in [-0.39, 0.29) is 23.4 Å². The quantitative estimate of drug-likeness (QED) is 0.344. The second-order valence-corrected chi connectivity index (χ2v) is 10.4. The Kier molecular flexibility index (Phi) is 7.10. The predicted molar refractivity (Wildman–Crippen MR) is 151 cm³/mol. The topological polar surface area (TPSA) is 101 Å². The van der Waals surface area contributed by atoms with Gasteiger partial charge in [-0.25, -0.2) is 0 Å². The van der Waals surface area contributed by atoms with Crippen LogP contribution in [0, 0.1) is 5.41 Å². The molecule has 0 bridgehead atoms. The lowest BCUT2D eigenvalue weighted by Crippen LogP contribution is -2.47. The Hall–Kier alpha value is -4.24. The highest BCUT2D eigenvalue weighted by molar-refractivity contribution is 6.19. The summed E-state index contributed by atoms with van der Waals surface area (Å²) in [6.07, 6.45) is 7.51. The lowest BCUT2D eigenvalue weighted by molar-refractivity contribution is -0.137. The SMILES string of the molecule is CCN1C(=O)C(C)(C)C(=O)N(C)c2cc(CNC(CCn3ccc4occc4c3=O)c3cccnc3)ccc21.